The fraction of sp³-hybridized carbons (Fsp3) is 0.848. The third-order valence-corrected chi connectivity index (χ3v) is 14.6. The maximum Gasteiger partial charge on any atom is 0.305 e. The zero-order valence-electron chi connectivity index (χ0n) is 48.2. The summed E-state index contributed by atoms with van der Waals surface area (Å²) in [6, 6.07) is -0.637. The van der Waals surface area contributed by atoms with Gasteiger partial charge >= 0.3 is 5.97 Å². The minimum atomic E-state index is -0.852. The Labute approximate surface area is 448 Å². The summed E-state index contributed by atoms with van der Waals surface area (Å²) in [5, 5.41) is 23.2. The van der Waals surface area contributed by atoms with Crippen molar-refractivity contribution in [3.63, 3.8) is 0 Å². The minimum absolute atomic E-state index is 0.0146. The number of aliphatic hydroxyl groups excluding tert-OH is 2. The average molecular weight is 1010 g/mol. The maximum absolute atomic E-state index is 12.5. The van der Waals surface area contributed by atoms with E-state index in [4.69, 9.17) is 4.74 Å². The Hall–Kier alpha value is -2.18. The summed E-state index contributed by atoms with van der Waals surface area (Å²) < 4.78 is 5.47. The lowest BCUT2D eigenvalue weighted by Gasteiger charge is -2.20. The molecule has 6 nitrogen and oxygen atoms in total. The minimum Gasteiger partial charge on any atom is -0.466 e. The largest absolute Gasteiger partial charge is 0.466 e. The van der Waals surface area contributed by atoms with Crippen LogP contribution in [-0.2, 0) is 14.3 Å². The van der Waals surface area contributed by atoms with Gasteiger partial charge in [-0.3, -0.25) is 9.59 Å². The van der Waals surface area contributed by atoms with Crippen molar-refractivity contribution in [3.05, 3.63) is 48.6 Å². The van der Waals surface area contributed by atoms with Crippen LogP contribution in [0.1, 0.15) is 335 Å². The molecule has 0 fully saturated rings. The van der Waals surface area contributed by atoms with Crippen molar-refractivity contribution in [3.8, 4) is 0 Å². The lowest BCUT2D eigenvalue weighted by molar-refractivity contribution is -0.143. The molecule has 0 spiro atoms. The van der Waals surface area contributed by atoms with Crippen LogP contribution in [0, 0.1) is 0 Å². The van der Waals surface area contributed by atoms with Gasteiger partial charge in [-0.2, -0.15) is 0 Å². The number of nitrogens with one attached hydrogen (secondary N) is 1. The fourth-order valence-corrected chi connectivity index (χ4v) is 9.68. The summed E-state index contributed by atoms with van der Waals surface area (Å²) in [4.78, 5) is 24.6. The van der Waals surface area contributed by atoms with E-state index in [1.54, 1.807) is 6.08 Å². The van der Waals surface area contributed by atoms with Gasteiger partial charge in [0.1, 0.15) is 0 Å². The molecule has 0 bridgehead atoms. The highest BCUT2D eigenvalue weighted by molar-refractivity contribution is 5.76. The number of rotatable bonds is 59. The molecule has 0 aliphatic heterocycles. The maximum atomic E-state index is 12.5. The second kappa shape index (κ2) is 61.4. The topological polar surface area (TPSA) is 95.9 Å². The van der Waals surface area contributed by atoms with Crippen molar-refractivity contribution in [1.29, 1.82) is 0 Å². The number of ether oxygens (including phenoxy) is 1. The molecule has 2 unspecified atom stereocenters. The zero-order valence-corrected chi connectivity index (χ0v) is 48.2. The smallest absolute Gasteiger partial charge is 0.305 e. The van der Waals surface area contributed by atoms with Gasteiger partial charge in [-0.15, -0.1) is 0 Å². The van der Waals surface area contributed by atoms with Crippen LogP contribution >= 0.6 is 0 Å². The van der Waals surface area contributed by atoms with Crippen LogP contribution in [0.2, 0.25) is 0 Å². The van der Waals surface area contributed by atoms with E-state index >= 15 is 0 Å². The predicted molar refractivity (Wildman–Crippen MR) is 315 cm³/mol. The van der Waals surface area contributed by atoms with Crippen LogP contribution in [-0.4, -0.2) is 47.4 Å². The predicted octanol–water partition coefficient (Wildman–Crippen LogP) is 20.1. The summed E-state index contributed by atoms with van der Waals surface area (Å²) in [6.07, 6.45) is 78.7. The first kappa shape index (κ1) is 69.8. The number of unbranched alkanes of at least 4 members (excludes halogenated alkanes) is 43. The molecule has 1 amide bonds. The quantitative estimate of drug-likeness (QED) is 0.0244. The van der Waals surface area contributed by atoms with Crippen molar-refractivity contribution in [2.24, 2.45) is 0 Å². The fourth-order valence-electron chi connectivity index (χ4n) is 9.68. The molecule has 0 saturated heterocycles. The van der Waals surface area contributed by atoms with E-state index in [0.717, 1.165) is 77.0 Å². The molecule has 0 aromatic rings. The molecule has 0 rings (SSSR count). The lowest BCUT2D eigenvalue weighted by atomic mass is 10.0. The van der Waals surface area contributed by atoms with Crippen molar-refractivity contribution in [2.75, 3.05) is 13.2 Å². The molecule has 0 radical (unpaired) electrons. The standard InChI is InChI=1S/C66H123NO5/c1-3-5-7-9-11-13-15-17-19-21-23-28-32-36-40-44-48-52-56-60-66(71)72-61-57-53-49-45-41-37-33-29-25-22-24-27-31-35-39-43-47-51-55-59-65(70)67-63(62-68)64(69)58-54-50-46-42-38-34-30-26-20-18-16-14-12-10-8-6-4-2/h17,19,29,33,37,41,54,58,63-64,68-69H,3-16,18,20-28,30-32,34-36,38-40,42-53,55-57,59-62H2,1-2H3,(H,67,70)/b19-17-,33-29-,41-37-,58-54+. The van der Waals surface area contributed by atoms with Crippen LogP contribution in [0.5, 0.6) is 0 Å². The molecular weight excluding hydrogens is 887 g/mol. The van der Waals surface area contributed by atoms with E-state index in [-0.39, 0.29) is 18.5 Å². The van der Waals surface area contributed by atoms with Gasteiger partial charge in [-0.05, 0) is 89.9 Å². The summed E-state index contributed by atoms with van der Waals surface area (Å²) >= 11 is 0. The Morgan fingerprint density at radius 1 is 0.389 bits per heavy atom. The third kappa shape index (κ3) is 57.1. The number of carbonyl (C=O) groups is 2. The number of carbonyl (C=O) groups excluding carboxylic acids is 2. The highest BCUT2D eigenvalue weighted by Gasteiger charge is 2.18. The van der Waals surface area contributed by atoms with Gasteiger partial charge in [0.25, 0.3) is 0 Å². The SMILES string of the molecule is CCCCCCCC/C=C\CCCCCCCCCCCC(=O)OCCCCC/C=C\C=C/CCCCCCCCCCCCC(=O)NC(CO)C(O)/C=C/CCCCCCCCCCCCCCCCC. The molecule has 3 N–H and O–H groups in total. The molecule has 72 heavy (non-hydrogen) atoms. The number of aliphatic hydroxyl groups is 2. The monoisotopic (exact) mass is 1010 g/mol. The van der Waals surface area contributed by atoms with E-state index in [1.807, 2.05) is 6.08 Å². The Balaban J connectivity index is 3.49. The Morgan fingerprint density at radius 2 is 0.694 bits per heavy atom. The molecule has 422 valence electrons. The Morgan fingerprint density at radius 3 is 1.07 bits per heavy atom. The molecule has 0 saturated carbocycles. The Bertz CT molecular complexity index is 1210. The highest BCUT2D eigenvalue weighted by atomic mass is 16.5. The molecular formula is C66H123NO5. The zero-order chi connectivity index (χ0) is 52.2. The van der Waals surface area contributed by atoms with Crippen molar-refractivity contribution >= 4 is 11.9 Å². The van der Waals surface area contributed by atoms with Gasteiger partial charge in [0.2, 0.25) is 5.91 Å². The van der Waals surface area contributed by atoms with Gasteiger partial charge < -0.3 is 20.3 Å². The number of allylic oxidation sites excluding steroid dienone is 7. The van der Waals surface area contributed by atoms with E-state index in [1.165, 1.54) is 231 Å². The van der Waals surface area contributed by atoms with E-state index in [0.29, 0.717) is 19.4 Å². The Kier molecular flexibility index (Phi) is 59.5. The third-order valence-electron chi connectivity index (χ3n) is 14.6. The van der Waals surface area contributed by atoms with Gasteiger partial charge in [-0.1, -0.05) is 281 Å². The summed E-state index contributed by atoms with van der Waals surface area (Å²) in [5.41, 5.74) is 0. The number of hydrogen-bond acceptors (Lipinski definition) is 5. The van der Waals surface area contributed by atoms with Crippen LogP contribution in [0.25, 0.3) is 0 Å². The van der Waals surface area contributed by atoms with Gasteiger partial charge in [0.15, 0.2) is 0 Å². The first-order valence-electron chi connectivity index (χ1n) is 31.9. The highest BCUT2D eigenvalue weighted by Crippen LogP contribution is 2.17. The molecule has 0 aliphatic rings. The van der Waals surface area contributed by atoms with E-state index in [9.17, 15) is 19.8 Å². The molecule has 0 aliphatic carbocycles. The number of hydrogen-bond donors (Lipinski definition) is 3. The summed E-state index contributed by atoms with van der Waals surface area (Å²) in [5.74, 6) is -0.0912. The lowest BCUT2D eigenvalue weighted by Crippen LogP contribution is -2.45. The molecule has 2 atom stereocenters. The number of esters is 1. The molecule has 0 heterocycles. The first-order valence-corrected chi connectivity index (χ1v) is 31.9. The van der Waals surface area contributed by atoms with Crippen LogP contribution in [0.4, 0.5) is 0 Å². The molecule has 0 aromatic carbocycles. The summed E-state index contributed by atoms with van der Waals surface area (Å²) in [6.45, 7) is 4.87. The van der Waals surface area contributed by atoms with Crippen molar-refractivity contribution in [2.45, 2.75) is 347 Å². The van der Waals surface area contributed by atoms with Gasteiger partial charge in [0.05, 0.1) is 25.4 Å². The van der Waals surface area contributed by atoms with Gasteiger partial charge in [-0.25, -0.2) is 0 Å². The van der Waals surface area contributed by atoms with Crippen LogP contribution in [0.3, 0.4) is 0 Å². The van der Waals surface area contributed by atoms with Crippen LogP contribution < -0.4 is 5.32 Å². The first-order chi connectivity index (χ1) is 35.5. The summed E-state index contributed by atoms with van der Waals surface area (Å²) in [7, 11) is 0. The second-order valence-electron chi connectivity index (χ2n) is 21.8. The van der Waals surface area contributed by atoms with Crippen molar-refractivity contribution < 1.29 is 24.5 Å². The van der Waals surface area contributed by atoms with E-state index < -0.39 is 12.1 Å². The second-order valence-corrected chi connectivity index (χ2v) is 21.8. The molecule has 6 heteroatoms. The molecule has 0 aromatic heterocycles. The van der Waals surface area contributed by atoms with Gasteiger partial charge in [0, 0.05) is 12.8 Å². The normalized spacial score (nSPS) is 12.9. The van der Waals surface area contributed by atoms with Crippen LogP contribution in [0.15, 0.2) is 48.6 Å². The average Bonchev–Trinajstić information content (AvgIpc) is 3.38. The van der Waals surface area contributed by atoms with E-state index in [2.05, 4.69) is 55.6 Å². The number of amides is 1. The van der Waals surface area contributed by atoms with Crippen molar-refractivity contribution in [1.82, 2.24) is 5.32 Å².